The fraction of sp³-hybridized carbons (Fsp3) is 0.750. The molecule has 60 valence electrons. The monoisotopic (exact) mass is 202 g/mol. The molecule has 0 saturated heterocycles. The Labute approximate surface area is 97.0 Å². The van der Waals surface area contributed by atoms with E-state index in [9.17, 15) is 0 Å². The number of unbranched alkanes of at least 4 members (excludes halogenated alkanes) is 4. The molecule has 0 heterocycles. The van der Waals surface area contributed by atoms with Crippen LogP contribution in [0.25, 0.3) is 0 Å². The summed E-state index contributed by atoms with van der Waals surface area (Å²) in [4.78, 5) is 0. The molecule has 0 atom stereocenters. The van der Waals surface area contributed by atoms with Crippen molar-refractivity contribution in [1.82, 2.24) is 0 Å². The number of hydrogen-bond acceptors (Lipinski definition) is 0. The Morgan fingerprint density at radius 2 is 1.64 bits per heavy atom. The second-order valence-electron chi connectivity index (χ2n) is 2.03. The van der Waals surface area contributed by atoms with Gasteiger partial charge in [0.25, 0.3) is 0 Å². The number of alkyl halides is 1. The summed E-state index contributed by atoms with van der Waals surface area (Å²) < 4.78 is 0. The van der Waals surface area contributed by atoms with Crippen molar-refractivity contribution in [2.75, 3.05) is 5.88 Å². The van der Waals surface area contributed by atoms with E-state index in [-0.39, 0.29) is 35.5 Å². The molecular weight excluding hydrogens is 191 g/mol. The van der Waals surface area contributed by atoms with E-state index in [2.05, 4.69) is 5.92 Å². The van der Waals surface area contributed by atoms with E-state index in [4.69, 9.17) is 18.0 Å². The molecule has 0 nitrogen and oxygen atoms in total. The predicted octanol–water partition coefficient (Wildman–Crippen LogP) is -0.611. The van der Waals surface area contributed by atoms with Gasteiger partial charge in [-0.25, -0.2) is 0 Å². The van der Waals surface area contributed by atoms with E-state index in [0.717, 1.165) is 25.1 Å². The molecule has 3 heteroatoms. The molecule has 0 radical (unpaired) electrons. The third-order valence-electron chi connectivity index (χ3n) is 1.19. The zero-order chi connectivity index (χ0) is 6.95. The van der Waals surface area contributed by atoms with E-state index in [1.807, 2.05) is 0 Å². The van der Waals surface area contributed by atoms with Crippen LogP contribution in [0.3, 0.4) is 0 Å². The largest absolute Gasteiger partial charge is 2.00 e. The normalized spacial score (nSPS) is 7.27. The summed E-state index contributed by atoms with van der Waals surface area (Å²) in [6.07, 6.45) is 12.0. The maximum absolute atomic E-state index is 6.61. The van der Waals surface area contributed by atoms with Crippen LogP contribution in [0.15, 0.2) is 0 Å². The van der Waals surface area contributed by atoms with Crippen molar-refractivity contribution >= 4 is 34.7 Å². The zero-order valence-corrected chi connectivity index (χ0v) is 9.63. The standard InChI is InChI=1S/C8H12Cl.ClH.Mg/c1-2-3-4-5-6-7-8-9;;/h3-8H2;1H;/q-1;;+2/p-1. The Morgan fingerprint density at radius 3 is 2.09 bits per heavy atom. The molecule has 0 N–H and O–H groups in total. The van der Waals surface area contributed by atoms with Crippen molar-refractivity contribution in [2.45, 2.75) is 32.1 Å². The Balaban J connectivity index is -0.000000320. The summed E-state index contributed by atoms with van der Waals surface area (Å²) in [5.74, 6) is 3.13. The van der Waals surface area contributed by atoms with Gasteiger partial charge < -0.3 is 24.8 Å². The van der Waals surface area contributed by atoms with Crippen LogP contribution in [0.4, 0.5) is 0 Å². The van der Waals surface area contributed by atoms with Crippen LogP contribution in [-0.4, -0.2) is 28.9 Å². The van der Waals surface area contributed by atoms with Crippen LogP contribution < -0.4 is 12.4 Å². The third-order valence-corrected chi connectivity index (χ3v) is 1.45. The Hall–Kier alpha value is 0.906. The average Bonchev–Trinajstić information content (AvgIpc) is 1.89. The van der Waals surface area contributed by atoms with Crippen LogP contribution >= 0.6 is 11.6 Å². The summed E-state index contributed by atoms with van der Waals surface area (Å²) in [6.45, 7) is 0. The molecule has 0 rings (SSSR count). The van der Waals surface area contributed by atoms with Gasteiger partial charge in [0.1, 0.15) is 0 Å². The topological polar surface area (TPSA) is 0 Å². The summed E-state index contributed by atoms with van der Waals surface area (Å²) >= 11 is 5.46. The molecule has 0 bridgehead atoms. The van der Waals surface area contributed by atoms with E-state index < -0.39 is 0 Å². The first kappa shape index (κ1) is 17.9. The quantitative estimate of drug-likeness (QED) is 0.184. The van der Waals surface area contributed by atoms with Crippen LogP contribution in [0, 0.1) is 12.3 Å². The first-order valence-electron chi connectivity index (χ1n) is 3.37. The summed E-state index contributed by atoms with van der Waals surface area (Å²) in [7, 11) is 0. The molecule has 0 aromatic rings. The van der Waals surface area contributed by atoms with E-state index in [1.165, 1.54) is 12.8 Å². The maximum Gasteiger partial charge on any atom is 2.00 e. The minimum Gasteiger partial charge on any atom is -1.00 e. The van der Waals surface area contributed by atoms with Gasteiger partial charge in [-0.05, 0) is 19.3 Å². The van der Waals surface area contributed by atoms with Gasteiger partial charge in [0.15, 0.2) is 0 Å². The van der Waals surface area contributed by atoms with Gasteiger partial charge in [-0.3, -0.25) is 0 Å². The maximum atomic E-state index is 6.61. The van der Waals surface area contributed by atoms with E-state index >= 15 is 0 Å². The molecule has 0 unspecified atom stereocenters. The molecule has 0 aliphatic heterocycles. The van der Waals surface area contributed by atoms with Gasteiger partial charge in [0.2, 0.25) is 0 Å². The second kappa shape index (κ2) is 17.1. The van der Waals surface area contributed by atoms with Gasteiger partial charge in [-0.15, -0.1) is 11.6 Å². The van der Waals surface area contributed by atoms with Crippen molar-refractivity contribution in [2.24, 2.45) is 0 Å². The molecule has 0 saturated carbocycles. The number of hydrogen-bond donors (Lipinski definition) is 0. The SMILES string of the molecule is [C-]#CCCCCCCCl.[Cl-].[Mg+2]. The van der Waals surface area contributed by atoms with E-state index in [0.29, 0.717) is 0 Å². The van der Waals surface area contributed by atoms with Gasteiger partial charge in [-0.1, -0.05) is 12.8 Å². The van der Waals surface area contributed by atoms with Crippen LogP contribution in [0.5, 0.6) is 0 Å². The Morgan fingerprint density at radius 1 is 1.09 bits per heavy atom. The van der Waals surface area contributed by atoms with Gasteiger partial charge in [0.05, 0.1) is 0 Å². The molecule has 0 aliphatic carbocycles. The molecule has 0 aromatic carbocycles. The number of halogens is 2. The van der Waals surface area contributed by atoms with Crippen molar-refractivity contribution in [3.05, 3.63) is 6.42 Å². The first-order valence-corrected chi connectivity index (χ1v) is 3.91. The molecule has 0 amide bonds. The fourth-order valence-electron chi connectivity index (χ4n) is 0.661. The molecule has 11 heavy (non-hydrogen) atoms. The Bertz CT molecular complexity index is 88.6. The van der Waals surface area contributed by atoms with Crippen LogP contribution in [0.1, 0.15) is 32.1 Å². The molecule has 0 fully saturated rings. The molecule has 0 aromatic heterocycles. The average molecular weight is 203 g/mol. The summed E-state index contributed by atoms with van der Waals surface area (Å²) in [5.41, 5.74) is 0. The van der Waals surface area contributed by atoms with Crippen molar-refractivity contribution in [3.8, 4) is 5.92 Å². The van der Waals surface area contributed by atoms with Gasteiger partial charge in [0, 0.05) is 5.88 Å². The van der Waals surface area contributed by atoms with Crippen molar-refractivity contribution < 1.29 is 12.4 Å². The number of rotatable bonds is 5. The van der Waals surface area contributed by atoms with Crippen LogP contribution in [0.2, 0.25) is 0 Å². The zero-order valence-electron chi connectivity index (χ0n) is 6.71. The van der Waals surface area contributed by atoms with Crippen LogP contribution in [-0.2, 0) is 0 Å². The van der Waals surface area contributed by atoms with Gasteiger partial charge >= 0.3 is 23.1 Å². The van der Waals surface area contributed by atoms with E-state index in [1.54, 1.807) is 0 Å². The summed E-state index contributed by atoms with van der Waals surface area (Å²) in [5, 5.41) is 0. The molecule has 0 spiro atoms. The minimum atomic E-state index is 0. The smallest absolute Gasteiger partial charge is 1.00 e. The molecule has 0 aliphatic rings. The fourth-order valence-corrected chi connectivity index (χ4v) is 0.850. The van der Waals surface area contributed by atoms with Crippen molar-refractivity contribution in [3.63, 3.8) is 0 Å². The van der Waals surface area contributed by atoms with Crippen molar-refractivity contribution in [1.29, 1.82) is 0 Å². The third kappa shape index (κ3) is 18.1. The first-order chi connectivity index (χ1) is 4.41. The molecular formula is C8H12Cl2Mg. The predicted molar refractivity (Wildman–Crippen MR) is 46.7 cm³/mol. The second-order valence-corrected chi connectivity index (χ2v) is 2.41. The van der Waals surface area contributed by atoms with Gasteiger partial charge in [-0.2, -0.15) is 0 Å². The Kier molecular flexibility index (Phi) is 27.8. The summed E-state index contributed by atoms with van der Waals surface area (Å²) in [6, 6.07) is 0. The minimum absolute atomic E-state index is 0.